The van der Waals surface area contributed by atoms with E-state index in [1.54, 1.807) is 18.2 Å². The Kier molecular flexibility index (Phi) is 5.98. The van der Waals surface area contributed by atoms with Crippen molar-refractivity contribution in [1.82, 2.24) is 14.8 Å². The lowest BCUT2D eigenvalue weighted by Gasteiger charge is -2.47. The molecule has 5 rings (SSSR count). The van der Waals surface area contributed by atoms with Crippen LogP contribution >= 0.6 is 11.6 Å². The van der Waals surface area contributed by atoms with E-state index in [-0.39, 0.29) is 17.1 Å². The van der Waals surface area contributed by atoms with E-state index in [0.29, 0.717) is 47.6 Å². The van der Waals surface area contributed by atoms with Crippen LogP contribution in [-0.4, -0.2) is 64.6 Å². The molecule has 0 saturated carbocycles. The number of fused-ring (bicyclic) bond motifs is 1. The first-order valence-electron chi connectivity index (χ1n) is 12.1. The van der Waals surface area contributed by atoms with Gasteiger partial charge < -0.3 is 14.9 Å². The van der Waals surface area contributed by atoms with E-state index in [1.165, 1.54) is 6.08 Å². The minimum Gasteiger partial charge on any atom is -0.508 e. The number of hydrogen-bond donors (Lipinski definition) is 1. The van der Waals surface area contributed by atoms with Gasteiger partial charge in [-0.15, -0.1) is 0 Å². The second kappa shape index (κ2) is 8.85. The third-order valence-electron chi connectivity index (χ3n) is 7.70. The molecule has 3 aliphatic rings. The fraction of sp³-hybridized carbons (Fsp3) is 0.444. The molecular weight excluding hydrogens is 462 g/mol. The molecule has 1 N–H and O–H groups in total. The lowest BCUT2D eigenvalue weighted by Crippen LogP contribution is -2.59. The summed E-state index contributed by atoms with van der Waals surface area (Å²) in [6.45, 7) is 12.5. The number of likely N-dealkylation sites (tertiary alicyclic amines) is 1. The molecule has 0 atom stereocenters. The molecule has 0 unspecified atom stereocenters. The van der Waals surface area contributed by atoms with Gasteiger partial charge in [-0.25, -0.2) is 4.98 Å². The third-order valence-corrected chi connectivity index (χ3v) is 8.03. The molecule has 1 amide bonds. The Balaban J connectivity index is 1.59. The number of phenols is 1. The molecule has 0 aliphatic carbocycles. The number of hydrogen-bond acceptors (Lipinski definition) is 6. The number of carbonyl (C=O) groups is 1. The summed E-state index contributed by atoms with van der Waals surface area (Å²) in [6, 6.07) is 7.70. The van der Waals surface area contributed by atoms with Gasteiger partial charge in [0.05, 0.1) is 5.69 Å². The Bertz CT molecular complexity index is 1250. The number of rotatable bonds is 4. The number of aromatic hydroxyl groups is 1. The van der Waals surface area contributed by atoms with Crippen LogP contribution in [0.1, 0.15) is 37.1 Å². The summed E-state index contributed by atoms with van der Waals surface area (Å²) in [5, 5.41) is 21.1. The second-order valence-electron chi connectivity index (χ2n) is 10.3. The van der Waals surface area contributed by atoms with Gasteiger partial charge in [-0.3, -0.25) is 9.69 Å². The standard InChI is InChI=1S/C27H30ClN5O2/c1-4-24(35)33-15-27(16-33)8-10-32(14-27)26-21(12-29)25(20-11-18(34)5-6-22(20)28)19-7-9-31(17(2)3)13-23(19)30-26/h4-6,11,17,34H,1,7-10,13-16H2,2-3H3. The molecule has 1 aromatic heterocycles. The summed E-state index contributed by atoms with van der Waals surface area (Å²) >= 11 is 6.62. The lowest BCUT2D eigenvalue weighted by atomic mass is 9.79. The summed E-state index contributed by atoms with van der Waals surface area (Å²) in [4.78, 5) is 23.5. The van der Waals surface area contributed by atoms with E-state index in [2.05, 4.69) is 36.3 Å². The molecule has 182 valence electrons. The number of halogens is 1. The van der Waals surface area contributed by atoms with Crippen LogP contribution in [0.2, 0.25) is 5.02 Å². The maximum atomic E-state index is 12.0. The second-order valence-corrected chi connectivity index (χ2v) is 10.7. The first-order chi connectivity index (χ1) is 16.7. The Hall–Kier alpha value is -3.08. The highest BCUT2D eigenvalue weighted by Crippen LogP contribution is 2.45. The summed E-state index contributed by atoms with van der Waals surface area (Å²) in [5.41, 5.74) is 3.98. The first-order valence-corrected chi connectivity index (χ1v) is 12.5. The Labute approximate surface area is 211 Å². The zero-order valence-electron chi connectivity index (χ0n) is 20.2. The summed E-state index contributed by atoms with van der Waals surface area (Å²) in [7, 11) is 0. The molecule has 3 aliphatic heterocycles. The average Bonchev–Trinajstić information content (AvgIpc) is 3.28. The highest BCUT2D eigenvalue weighted by Gasteiger charge is 2.49. The van der Waals surface area contributed by atoms with Crippen LogP contribution in [-0.2, 0) is 17.8 Å². The van der Waals surface area contributed by atoms with E-state index in [9.17, 15) is 15.2 Å². The lowest BCUT2D eigenvalue weighted by molar-refractivity contribution is -0.136. The van der Waals surface area contributed by atoms with E-state index < -0.39 is 0 Å². The predicted molar refractivity (Wildman–Crippen MR) is 136 cm³/mol. The first kappa shape index (κ1) is 23.7. The normalized spacial score (nSPS) is 18.9. The predicted octanol–water partition coefficient (Wildman–Crippen LogP) is 3.97. The topological polar surface area (TPSA) is 83.7 Å². The smallest absolute Gasteiger partial charge is 0.245 e. The maximum Gasteiger partial charge on any atom is 0.245 e. The van der Waals surface area contributed by atoms with Crippen molar-refractivity contribution in [2.45, 2.75) is 39.3 Å². The van der Waals surface area contributed by atoms with Gasteiger partial charge in [0.2, 0.25) is 5.91 Å². The number of carbonyl (C=O) groups excluding carboxylic acids is 1. The number of nitrogens with zero attached hydrogens (tertiary/aromatic N) is 5. The molecule has 1 spiro atoms. The number of nitriles is 1. The Morgan fingerprint density at radius 1 is 1.31 bits per heavy atom. The van der Waals surface area contributed by atoms with E-state index in [0.717, 1.165) is 49.3 Å². The molecule has 0 radical (unpaired) electrons. The number of pyridine rings is 1. The van der Waals surface area contributed by atoms with Crippen molar-refractivity contribution >= 4 is 23.3 Å². The molecule has 4 heterocycles. The number of amides is 1. The number of aromatic nitrogens is 1. The number of anilines is 1. The maximum absolute atomic E-state index is 12.0. The van der Waals surface area contributed by atoms with Crippen molar-refractivity contribution in [2.75, 3.05) is 37.6 Å². The fourth-order valence-electron chi connectivity index (χ4n) is 5.79. The molecule has 0 bridgehead atoms. The van der Waals surface area contributed by atoms with Crippen LogP contribution in [0.25, 0.3) is 11.1 Å². The van der Waals surface area contributed by atoms with Crippen LogP contribution in [0.5, 0.6) is 5.75 Å². The van der Waals surface area contributed by atoms with Crippen LogP contribution in [0.15, 0.2) is 30.9 Å². The monoisotopic (exact) mass is 491 g/mol. The zero-order valence-corrected chi connectivity index (χ0v) is 21.0. The highest BCUT2D eigenvalue weighted by molar-refractivity contribution is 6.33. The van der Waals surface area contributed by atoms with Gasteiger partial charge in [-0.2, -0.15) is 5.26 Å². The average molecular weight is 492 g/mol. The fourth-order valence-corrected chi connectivity index (χ4v) is 6.00. The highest BCUT2D eigenvalue weighted by atomic mass is 35.5. The van der Waals surface area contributed by atoms with Crippen molar-refractivity contribution in [2.24, 2.45) is 5.41 Å². The molecular formula is C27H30ClN5O2. The van der Waals surface area contributed by atoms with Crippen LogP contribution in [0.3, 0.4) is 0 Å². The van der Waals surface area contributed by atoms with Crippen molar-refractivity contribution in [3.05, 3.63) is 52.7 Å². The number of benzene rings is 1. The molecule has 7 nitrogen and oxygen atoms in total. The number of phenolic OH excluding ortho intramolecular Hbond substituents is 1. The molecule has 35 heavy (non-hydrogen) atoms. The molecule has 1 aromatic carbocycles. The van der Waals surface area contributed by atoms with E-state index in [1.807, 2.05) is 4.90 Å². The largest absolute Gasteiger partial charge is 0.508 e. The minimum atomic E-state index is -0.0340. The van der Waals surface area contributed by atoms with Gasteiger partial charge in [0.15, 0.2) is 0 Å². The molecule has 8 heteroatoms. The quantitative estimate of drug-likeness (QED) is 0.651. The molecule has 2 saturated heterocycles. The van der Waals surface area contributed by atoms with Gasteiger partial charge in [0.1, 0.15) is 23.2 Å². The zero-order chi connectivity index (χ0) is 24.9. The van der Waals surface area contributed by atoms with Gasteiger partial charge in [-0.05, 0) is 56.5 Å². The Morgan fingerprint density at radius 3 is 2.77 bits per heavy atom. The van der Waals surface area contributed by atoms with Gasteiger partial charge in [-0.1, -0.05) is 18.2 Å². The van der Waals surface area contributed by atoms with Crippen molar-refractivity contribution in [3.8, 4) is 22.9 Å². The van der Waals surface area contributed by atoms with E-state index in [4.69, 9.17) is 16.6 Å². The van der Waals surface area contributed by atoms with Crippen molar-refractivity contribution in [1.29, 1.82) is 5.26 Å². The summed E-state index contributed by atoms with van der Waals surface area (Å²) < 4.78 is 0. The van der Waals surface area contributed by atoms with E-state index >= 15 is 0 Å². The third kappa shape index (κ3) is 4.05. The van der Waals surface area contributed by atoms with Gasteiger partial charge in [0, 0.05) is 66.9 Å². The SMILES string of the molecule is C=CC(=O)N1CC2(CCN(c3nc4c(c(-c5cc(O)ccc5Cl)c3C#N)CCN(C(C)C)C4)C2)C1. The van der Waals surface area contributed by atoms with Crippen molar-refractivity contribution < 1.29 is 9.90 Å². The van der Waals surface area contributed by atoms with Crippen molar-refractivity contribution in [3.63, 3.8) is 0 Å². The van der Waals surface area contributed by atoms with Crippen LogP contribution < -0.4 is 4.90 Å². The molecule has 2 fully saturated rings. The molecule has 2 aromatic rings. The van der Waals surface area contributed by atoms with Crippen LogP contribution in [0, 0.1) is 16.7 Å². The van der Waals surface area contributed by atoms with Gasteiger partial charge in [0.25, 0.3) is 0 Å². The minimum absolute atomic E-state index is 0.0236. The van der Waals surface area contributed by atoms with Crippen LogP contribution in [0.4, 0.5) is 5.82 Å². The Morgan fingerprint density at radius 2 is 2.09 bits per heavy atom. The van der Waals surface area contributed by atoms with Gasteiger partial charge >= 0.3 is 0 Å². The summed E-state index contributed by atoms with van der Waals surface area (Å²) in [6.07, 6.45) is 3.07. The summed E-state index contributed by atoms with van der Waals surface area (Å²) in [5.74, 6) is 0.756.